The minimum atomic E-state index is 0.237. The highest BCUT2D eigenvalue weighted by Gasteiger charge is 2.16. The van der Waals surface area contributed by atoms with E-state index in [9.17, 15) is 0 Å². The Morgan fingerprint density at radius 2 is 1.92 bits per heavy atom. The standard InChI is InChI=1S/C19H20N6O/c1-13(2)19-22-17(26-23-19)12-24(3)18-11-15(14-7-5-4-6-8-14)21-16-9-10-20-25(16)18/h4-11,13H,12H2,1-3H3. The summed E-state index contributed by atoms with van der Waals surface area (Å²) in [5, 5.41) is 8.43. The minimum absolute atomic E-state index is 0.237. The highest BCUT2D eigenvalue weighted by atomic mass is 16.5. The molecule has 132 valence electrons. The van der Waals surface area contributed by atoms with Gasteiger partial charge in [-0.1, -0.05) is 49.3 Å². The van der Waals surface area contributed by atoms with Crippen LogP contribution in [-0.2, 0) is 6.54 Å². The fourth-order valence-corrected chi connectivity index (χ4v) is 2.78. The maximum Gasteiger partial charge on any atom is 0.246 e. The number of nitrogens with zero attached hydrogens (tertiary/aromatic N) is 6. The summed E-state index contributed by atoms with van der Waals surface area (Å²) >= 11 is 0. The Bertz CT molecular complexity index is 1020. The van der Waals surface area contributed by atoms with Crippen LogP contribution in [0.5, 0.6) is 0 Å². The van der Waals surface area contributed by atoms with Gasteiger partial charge in [0.1, 0.15) is 5.82 Å². The summed E-state index contributed by atoms with van der Waals surface area (Å²) in [6.07, 6.45) is 1.75. The zero-order chi connectivity index (χ0) is 18.1. The highest BCUT2D eigenvalue weighted by Crippen LogP contribution is 2.24. The van der Waals surface area contributed by atoms with Crippen LogP contribution in [0.25, 0.3) is 16.9 Å². The second-order valence-electron chi connectivity index (χ2n) is 6.52. The first-order chi connectivity index (χ1) is 12.6. The fraction of sp³-hybridized carbons (Fsp3) is 0.263. The SMILES string of the molecule is CC(C)c1noc(CN(C)c2cc(-c3ccccc3)nc3ccnn23)n1. The Kier molecular flexibility index (Phi) is 4.12. The van der Waals surface area contributed by atoms with Crippen LogP contribution in [0, 0.1) is 0 Å². The van der Waals surface area contributed by atoms with Crippen molar-refractivity contribution in [2.75, 3.05) is 11.9 Å². The molecule has 0 unspecified atom stereocenters. The van der Waals surface area contributed by atoms with Crippen LogP contribution >= 0.6 is 0 Å². The lowest BCUT2D eigenvalue weighted by Crippen LogP contribution is -2.20. The van der Waals surface area contributed by atoms with Crippen LogP contribution in [0.1, 0.15) is 31.5 Å². The largest absolute Gasteiger partial charge is 0.350 e. The predicted octanol–water partition coefficient (Wildman–Crippen LogP) is 3.54. The molecule has 7 heteroatoms. The van der Waals surface area contributed by atoms with E-state index in [1.54, 1.807) is 6.20 Å². The van der Waals surface area contributed by atoms with Gasteiger partial charge in [0.15, 0.2) is 11.5 Å². The number of benzene rings is 1. The molecule has 0 bridgehead atoms. The van der Waals surface area contributed by atoms with E-state index in [0.29, 0.717) is 12.4 Å². The summed E-state index contributed by atoms with van der Waals surface area (Å²) in [4.78, 5) is 11.2. The Hall–Kier alpha value is -3.22. The van der Waals surface area contributed by atoms with E-state index in [1.165, 1.54) is 0 Å². The maximum absolute atomic E-state index is 5.38. The number of hydrogen-bond donors (Lipinski definition) is 0. The van der Waals surface area contributed by atoms with Gasteiger partial charge in [-0.2, -0.15) is 14.6 Å². The topological polar surface area (TPSA) is 72.4 Å². The van der Waals surface area contributed by atoms with Crippen LogP contribution in [0.15, 0.2) is 53.2 Å². The van der Waals surface area contributed by atoms with Crippen molar-refractivity contribution in [1.29, 1.82) is 0 Å². The van der Waals surface area contributed by atoms with Crippen molar-refractivity contribution in [2.24, 2.45) is 0 Å². The average Bonchev–Trinajstić information content (AvgIpc) is 3.30. The molecule has 0 N–H and O–H groups in total. The van der Waals surface area contributed by atoms with Gasteiger partial charge >= 0.3 is 0 Å². The van der Waals surface area contributed by atoms with Gasteiger partial charge in [0.25, 0.3) is 0 Å². The summed E-state index contributed by atoms with van der Waals surface area (Å²) in [6, 6.07) is 14.0. The van der Waals surface area contributed by atoms with Gasteiger partial charge in [-0.15, -0.1) is 0 Å². The van der Waals surface area contributed by atoms with E-state index >= 15 is 0 Å². The molecule has 0 aliphatic rings. The number of hydrogen-bond acceptors (Lipinski definition) is 6. The fourth-order valence-electron chi connectivity index (χ4n) is 2.78. The van der Waals surface area contributed by atoms with Crippen molar-refractivity contribution in [1.82, 2.24) is 24.7 Å². The van der Waals surface area contributed by atoms with Crippen molar-refractivity contribution in [3.63, 3.8) is 0 Å². The monoisotopic (exact) mass is 348 g/mol. The first kappa shape index (κ1) is 16.3. The molecule has 0 fully saturated rings. The van der Waals surface area contributed by atoms with E-state index in [-0.39, 0.29) is 5.92 Å². The molecule has 26 heavy (non-hydrogen) atoms. The molecule has 3 heterocycles. The molecule has 3 aromatic heterocycles. The number of aromatic nitrogens is 5. The first-order valence-corrected chi connectivity index (χ1v) is 8.55. The van der Waals surface area contributed by atoms with E-state index < -0.39 is 0 Å². The van der Waals surface area contributed by atoms with Crippen molar-refractivity contribution in [3.8, 4) is 11.3 Å². The van der Waals surface area contributed by atoms with E-state index in [4.69, 9.17) is 9.51 Å². The molecular weight excluding hydrogens is 328 g/mol. The lowest BCUT2D eigenvalue weighted by molar-refractivity contribution is 0.370. The summed E-state index contributed by atoms with van der Waals surface area (Å²) in [6.45, 7) is 4.58. The van der Waals surface area contributed by atoms with Crippen molar-refractivity contribution in [3.05, 3.63) is 60.4 Å². The Morgan fingerprint density at radius 3 is 2.65 bits per heavy atom. The van der Waals surface area contributed by atoms with Crippen LogP contribution in [-0.4, -0.2) is 31.8 Å². The molecule has 0 radical (unpaired) electrons. The first-order valence-electron chi connectivity index (χ1n) is 8.55. The van der Waals surface area contributed by atoms with Gasteiger partial charge in [-0.25, -0.2) is 4.98 Å². The van der Waals surface area contributed by atoms with Crippen molar-refractivity contribution in [2.45, 2.75) is 26.3 Å². The lowest BCUT2D eigenvalue weighted by Gasteiger charge is -2.19. The van der Waals surface area contributed by atoms with Crippen LogP contribution in [0.2, 0.25) is 0 Å². The molecular formula is C19H20N6O. The Morgan fingerprint density at radius 1 is 1.12 bits per heavy atom. The van der Waals surface area contributed by atoms with Crippen LogP contribution < -0.4 is 4.90 Å². The molecule has 7 nitrogen and oxygen atoms in total. The van der Waals surface area contributed by atoms with Gasteiger partial charge in [-0.05, 0) is 0 Å². The van der Waals surface area contributed by atoms with Gasteiger partial charge in [0.2, 0.25) is 5.89 Å². The van der Waals surface area contributed by atoms with Crippen molar-refractivity contribution >= 4 is 11.5 Å². The second-order valence-corrected chi connectivity index (χ2v) is 6.52. The van der Waals surface area contributed by atoms with E-state index in [1.807, 2.05) is 72.8 Å². The number of fused-ring (bicyclic) bond motifs is 1. The van der Waals surface area contributed by atoms with Crippen molar-refractivity contribution < 1.29 is 4.52 Å². The Balaban J connectivity index is 1.71. The van der Waals surface area contributed by atoms with E-state index in [0.717, 1.165) is 28.5 Å². The lowest BCUT2D eigenvalue weighted by atomic mass is 10.1. The van der Waals surface area contributed by atoms with Gasteiger partial charge in [0.05, 0.1) is 18.4 Å². The number of rotatable bonds is 5. The molecule has 0 atom stereocenters. The quantitative estimate of drug-likeness (QED) is 0.549. The maximum atomic E-state index is 5.38. The van der Waals surface area contributed by atoms with Crippen LogP contribution in [0.3, 0.4) is 0 Å². The summed E-state index contributed by atoms with van der Waals surface area (Å²) in [5.41, 5.74) is 2.75. The third kappa shape index (κ3) is 3.03. The smallest absolute Gasteiger partial charge is 0.246 e. The zero-order valence-corrected chi connectivity index (χ0v) is 15.0. The summed E-state index contributed by atoms with van der Waals surface area (Å²) in [5.74, 6) is 2.44. The molecule has 0 aliphatic carbocycles. The van der Waals surface area contributed by atoms with Gasteiger partial charge in [-0.3, -0.25) is 0 Å². The third-order valence-corrected chi connectivity index (χ3v) is 4.17. The van der Waals surface area contributed by atoms with Gasteiger partial charge in [0, 0.05) is 30.7 Å². The molecule has 0 amide bonds. The van der Waals surface area contributed by atoms with Crippen LogP contribution in [0.4, 0.5) is 5.82 Å². The normalized spacial score (nSPS) is 11.4. The minimum Gasteiger partial charge on any atom is -0.350 e. The highest BCUT2D eigenvalue weighted by molar-refractivity contribution is 5.66. The second kappa shape index (κ2) is 6.59. The molecule has 4 rings (SSSR count). The van der Waals surface area contributed by atoms with Gasteiger partial charge < -0.3 is 9.42 Å². The molecule has 0 spiro atoms. The summed E-state index contributed by atoms with van der Waals surface area (Å²) < 4.78 is 7.19. The van der Waals surface area contributed by atoms with E-state index in [2.05, 4.69) is 15.2 Å². The molecule has 0 saturated carbocycles. The Labute approximate surface area is 151 Å². The molecule has 0 aliphatic heterocycles. The predicted molar refractivity (Wildman–Crippen MR) is 98.9 cm³/mol. The molecule has 4 aromatic rings. The zero-order valence-electron chi connectivity index (χ0n) is 15.0. The number of anilines is 1. The summed E-state index contributed by atoms with van der Waals surface area (Å²) in [7, 11) is 1.98. The molecule has 0 saturated heterocycles. The molecule has 1 aromatic carbocycles. The third-order valence-electron chi connectivity index (χ3n) is 4.17. The average molecular weight is 348 g/mol.